The highest BCUT2D eigenvalue weighted by Gasteiger charge is 2.30. The van der Waals surface area contributed by atoms with Crippen molar-refractivity contribution in [3.8, 4) is 5.75 Å². The van der Waals surface area contributed by atoms with E-state index in [4.69, 9.17) is 4.74 Å². The lowest BCUT2D eigenvalue weighted by atomic mass is 9.82. The van der Waals surface area contributed by atoms with Crippen molar-refractivity contribution in [2.75, 3.05) is 26.8 Å². The quantitative estimate of drug-likeness (QED) is 0.938. The lowest BCUT2D eigenvalue weighted by Crippen LogP contribution is -2.43. The molecule has 1 heterocycles. The van der Waals surface area contributed by atoms with Gasteiger partial charge in [0.2, 0.25) is 0 Å². The van der Waals surface area contributed by atoms with Gasteiger partial charge in [-0.2, -0.15) is 0 Å². The fraction of sp³-hybridized carbons (Fsp3) is 0.474. The first-order valence-corrected chi connectivity index (χ1v) is 8.03. The zero-order valence-corrected chi connectivity index (χ0v) is 13.5. The molecule has 2 aromatic carbocycles. The predicted octanol–water partition coefficient (Wildman–Crippen LogP) is 3.44. The van der Waals surface area contributed by atoms with Crippen LogP contribution in [0.5, 0.6) is 5.75 Å². The van der Waals surface area contributed by atoms with E-state index in [0.29, 0.717) is 0 Å². The lowest BCUT2D eigenvalue weighted by molar-refractivity contribution is 0.0428. The third-order valence-corrected chi connectivity index (χ3v) is 4.84. The van der Waals surface area contributed by atoms with E-state index in [2.05, 4.69) is 48.2 Å². The smallest absolute Gasteiger partial charge is 0.123 e. The molecule has 0 aromatic heterocycles. The van der Waals surface area contributed by atoms with Gasteiger partial charge >= 0.3 is 0 Å². The zero-order chi connectivity index (χ0) is 15.6. The van der Waals surface area contributed by atoms with E-state index < -0.39 is 0 Å². The number of fused-ring (bicyclic) bond motifs is 1. The Labute approximate surface area is 132 Å². The molecule has 118 valence electrons. The average Bonchev–Trinajstić information content (AvgIpc) is 2.55. The van der Waals surface area contributed by atoms with Crippen LogP contribution in [0, 0.1) is 5.41 Å². The highest BCUT2D eigenvalue weighted by atomic mass is 16.5. The van der Waals surface area contributed by atoms with Gasteiger partial charge in [0.15, 0.2) is 0 Å². The van der Waals surface area contributed by atoms with Crippen molar-refractivity contribution in [1.29, 1.82) is 0 Å². The number of hydrogen-bond donors (Lipinski definition) is 1. The molecule has 22 heavy (non-hydrogen) atoms. The maximum Gasteiger partial charge on any atom is 0.123 e. The zero-order valence-electron chi connectivity index (χ0n) is 13.5. The molecule has 1 unspecified atom stereocenters. The molecule has 1 aliphatic heterocycles. The molecule has 1 atom stereocenters. The van der Waals surface area contributed by atoms with E-state index in [1.807, 2.05) is 0 Å². The minimum Gasteiger partial charge on any atom is -0.496 e. The minimum absolute atomic E-state index is 0.0239. The van der Waals surface area contributed by atoms with Crippen molar-refractivity contribution in [1.82, 2.24) is 4.90 Å². The summed E-state index contributed by atoms with van der Waals surface area (Å²) in [6, 6.07) is 12.6. The molecular formula is C19H25NO2. The summed E-state index contributed by atoms with van der Waals surface area (Å²) in [6.45, 7) is 5.34. The molecule has 0 saturated carbocycles. The summed E-state index contributed by atoms with van der Waals surface area (Å²) < 4.78 is 5.60. The Bertz CT molecular complexity index is 655. The summed E-state index contributed by atoms with van der Waals surface area (Å²) in [5.41, 5.74) is 1.28. The number of piperidine rings is 1. The van der Waals surface area contributed by atoms with Gasteiger partial charge < -0.3 is 9.84 Å². The van der Waals surface area contributed by atoms with Crippen molar-refractivity contribution < 1.29 is 9.84 Å². The molecular weight excluding hydrogens is 274 g/mol. The number of aliphatic hydroxyl groups is 1. The Balaban J connectivity index is 1.92. The number of aliphatic hydroxyl groups excluding tert-OH is 1. The SMILES string of the molecule is COc1ccc2ccccc2c1CN1CCCC(C)(CO)C1. The molecule has 1 aliphatic rings. The molecule has 3 heteroatoms. The molecule has 3 nitrogen and oxygen atoms in total. The maximum atomic E-state index is 9.66. The molecule has 0 radical (unpaired) electrons. The Hall–Kier alpha value is -1.58. The number of methoxy groups -OCH3 is 1. The van der Waals surface area contributed by atoms with Gasteiger partial charge in [-0.05, 0) is 36.2 Å². The van der Waals surface area contributed by atoms with Gasteiger partial charge in [0, 0.05) is 30.7 Å². The Morgan fingerprint density at radius 3 is 2.82 bits per heavy atom. The molecule has 0 spiro atoms. The fourth-order valence-corrected chi connectivity index (χ4v) is 3.59. The Morgan fingerprint density at radius 2 is 2.05 bits per heavy atom. The number of ether oxygens (including phenoxy) is 1. The maximum absolute atomic E-state index is 9.66. The average molecular weight is 299 g/mol. The van der Waals surface area contributed by atoms with Crippen LogP contribution < -0.4 is 4.74 Å². The summed E-state index contributed by atoms with van der Waals surface area (Å²) >= 11 is 0. The third-order valence-electron chi connectivity index (χ3n) is 4.84. The first-order chi connectivity index (χ1) is 10.6. The number of hydrogen-bond acceptors (Lipinski definition) is 3. The number of likely N-dealkylation sites (tertiary alicyclic amines) is 1. The first kappa shape index (κ1) is 15.3. The van der Waals surface area contributed by atoms with Crippen LogP contribution in [0.3, 0.4) is 0 Å². The van der Waals surface area contributed by atoms with E-state index in [-0.39, 0.29) is 12.0 Å². The monoisotopic (exact) mass is 299 g/mol. The van der Waals surface area contributed by atoms with Crippen molar-refractivity contribution in [2.45, 2.75) is 26.3 Å². The highest BCUT2D eigenvalue weighted by molar-refractivity contribution is 5.87. The second kappa shape index (κ2) is 6.27. The van der Waals surface area contributed by atoms with Gasteiger partial charge in [-0.25, -0.2) is 0 Å². The molecule has 1 N–H and O–H groups in total. The van der Waals surface area contributed by atoms with Gasteiger partial charge in [-0.1, -0.05) is 37.3 Å². The normalized spacial score (nSPS) is 22.9. The minimum atomic E-state index is 0.0239. The van der Waals surface area contributed by atoms with E-state index in [0.717, 1.165) is 38.2 Å². The van der Waals surface area contributed by atoms with Crippen molar-refractivity contribution in [2.24, 2.45) is 5.41 Å². The summed E-state index contributed by atoms with van der Waals surface area (Å²) in [6.07, 6.45) is 2.25. The predicted molar refractivity (Wildman–Crippen MR) is 90.2 cm³/mol. The summed E-state index contributed by atoms with van der Waals surface area (Å²) in [5.74, 6) is 0.954. The standard InChI is InChI=1S/C19H25NO2/c1-19(14-21)10-5-11-20(13-19)12-17-16-7-4-3-6-15(16)8-9-18(17)22-2/h3-4,6-9,21H,5,10-14H2,1-2H3. The second-order valence-electron chi connectivity index (χ2n) is 6.75. The molecule has 0 bridgehead atoms. The Kier molecular flexibility index (Phi) is 4.37. The van der Waals surface area contributed by atoms with Crippen LogP contribution in [0.1, 0.15) is 25.3 Å². The second-order valence-corrected chi connectivity index (χ2v) is 6.75. The van der Waals surface area contributed by atoms with Crippen LogP contribution in [0.15, 0.2) is 36.4 Å². The largest absolute Gasteiger partial charge is 0.496 e. The Morgan fingerprint density at radius 1 is 1.23 bits per heavy atom. The van der Waals surface area contributed by atoms with Crippen LogP contribution >= 0.6 is 0 Å². The van der Waals surface area contributed by atoms with E-state index in [1.54, 1.807) is 7.11 Å². The van der Waals surface area contributed by atoms with Gasteiger partial charge in [0.1, 0.15) is 5.75 Å². The van der Waals surface area contributed by atoms with E-state index in [1.165, 1.54) is 16.3 Å². The van der Waals surface area contributed by atoms with Gasteiger partial charge in [-0.15, -0.1) is 0 Å². The number of benzene rings is 2. The molecule has 1 fully saturated rings. The molecule has 3 rings (SSSR count). The number of rotatable bonds is 4. The van der Waals surface area contributed by atoms with Crippen LogP contribution in [0.4, 0.5) is 0 Å². The molecule has 2 aromatic rings. The van der Waals surface area contributed by atoms with E-state index >= 15 is 0 Å². The van der Waals surface area contributed by atoms with Crippen molar-refractivity contribution in [3.05, 3.63) is 42.0 Å². The molecule has 1 saturated heterocycles. The van der Waals surface area contributed by atoms with Gasteiger partial charge in [0.25, 0.3) is 0 Å². The van der Waals surface area contributed by atoms with Gasteiger partial charge in [-0.3, -0.25) is 4.90 Å². The fourth-order valence-electron chi connectivity index (χ4n) is 3.59. The van der Waals surface area contributed by atoms with Crippen LogP contribution in [0.25, 0.3) is 10.8 Å². The van der Waals surface area contributed by atoms with E-state index in [9.17, 15) is 5.11 Å². The van der Waals surface area contributed by atoms with Crippen LogP contribution in [-0.2, 0) is 6.54 Å². The number of nitrogens with zero attached hydrogens (tertiary/aromatic N) is 1. The third kappa shape index (κ3) is 2.96. The first-order valence-electron chi connectivity index (χ1n) is 8.03. The summed E-state index contributed by atoms with van der Waals surface area (Å²) in [7, 11) is 1.74. The molecule has 0 aliphatic carbocycles. The highest BCUT2D eigenvalue weighted by Crippen LogP contribution is 2.33. The molecule has 0 amide bonds. The van der Waals surface area contributed by atoms with Crippen molar-refractivity contribution in [3.63, 3.8) is 0 Å². The summed E-state index contributed by atoms with van der Waals surface area (Å²) in [4.78, 5) is 2.45. The van der Waals surface area contributed by atoms with Gasteiger partial charge in [0.05, 0.1) is 7.11 Å². The van der Waals surface area contributed by atoms with Crippen LogP contribution in [0.2, 0.25) is 0 Å². The van der Waals surface area contributed by atoms with Crippen LogP contribution in [-0.4, -0.2) is 36.8 Å². The van der Waals surface area contributed by atoms with Crippen molar-refractivity contribution >= 4 is 10.8 Å². The summed E-state index contributed by atoms with van der Waals surface area (Å²) in [5, 5.41) is 12.2. The lowest BCUT2D eigenvalue weighted by Gasteiger charge is -2.39. The topological polar surface area (TPSA) is 32.7 Å².